The largest absolute Gasteiger partial charge is 0.508 e. The van der Waals surface area contributed by atoms with E-state index in [-0.39, 0.29) is 34.6 Å². The number of benzene rings is 2. The van der Waals surface area contributed by atoms with Gasteiger partial charge >= 0.3 is 6.18 Å². The van der Waals surface area contributed by atoms with Gasteiger partial charge in [0.15, 0.2) is 5.82 Å². The molecule has 0 aliphatic carbocycles. The summed E-state index contributed by atoms with van der Waals surface area (Å²) < 4.78 is 52.3. The highest BCUT2D eigenvalue weighted by atomic mass is 19.4. The fraction of sp³-hybridized carbons (Fsp3) is 0.227. The van der Waals surface area contributed by atoms with Crippen LogP contribution in [0.3, 0.4) is 0 Å². The van der Waals surface area contributed by atoms with Crippen molar-refractivity contribution in [3.8, 4) is 17.0 Å². The van der Waals surface area contributed by atoms with Gasteiger partial charge in [-0.05, 0) is 42.3 Å². The zero-order valence-electron chi connectivity index (χ0n) is 17.7. The highest BCUT2D eigenvalue weighted by Crippen LogP contribution is 2.29. The van der Waals surface area contributed by atoms with Crippen LogP contribution < -0.4 is 10.6 Å². The Balaban J connectivity index is 1.77. The first-order valence-corrected chi connectivity index (χ1v) is 9.87. The molecular weight excluding hydrogens is 442 g/mol. The summed E-state index contributed by atoms with van der Waals surface area (Å²) in [4.78, 5) is 16.8. The second-order valence-corrected chi connectivity index (χ2v) is 7.57. The van der Waals surface area contributed by atoms with Crippen LogP contribution >= 0.6 is 0 Å². The molecule has 0 radical (unpaired) electrons. The van der Waals surface area contributed by atoms with Crippen LogP contribution in [0, 0.1) is 11.7 Å². The van der Waals surface area contributed by atoms with Crippen LogP contribution in [-0.4, -0.2) is 33.7 Å². The molecule has 0 atom stereocenters. The Labute approximate surface area is 186 Å². The topological polar surface area (TPSA) is 102 Å². The Hall–Kier alpha value is -3.89. The highest BCUT2D eigenvalue weighted by Gasteiger charge is 2.30. The normalized spacial score (nSPS) is 12.2. The monoisotopic (exact) mass is 463 g/mol. The van der Waals surface area contributed by atoms with Gasteiger partial charge in [-0.2, -0.15) is 18.3 Å². The van der Waals surface area contributed by atoms with Gasteiger partial charge in [0.1, 0.15) is 11.6 Å². The number of carbonyl (C=O) groups is 1. The summed E-state index contributed by atoms with van der Waals surface area (Å²) in [5, 5.41) is 21.4. The number of hydrogen-bond donors (Lipinski definition) is 4. The van der Waals surface area contributed by atoms with E-state index in [0.717, 1.165) is 30.3 Å². The fourth-order valence-electron chi connectivity index (χ4n) is 2.74. The van der Waals surface area contributed by atoms with E-state index >= 15 is 0 Å². The molecule has 0 saturated heterocycles. The van der Waals surface area contributed by atoms with Crippen molar-refractivity contribution in [3.63, 3.8) is 0 Å². The number of anilines is 1. The molecule has 174 valence electrons. The summed E-state index contributed by atoms with van der Waals surface area (Å²) in [5.41, 5.74) is -0.373. The zero-order valence-corrected chi connectivity index (χ0v) is 17.7. The Morgan fingerprint density at radius 1 is 1.15 bits per heavy atom. The maximum Gasteiger partial charge on any atom is 0.416 e. The van der Waals surface area contributed by atoms with E-state index in [1.54, 1.807) is 0 Å². The van der Waals surface area contributed by atoms with Crippen molar-refractivity contribution in [2.24, 2.45) is 10.9 Å². The van der Waals surface area contributed by atoms with Gasteiger partial charge < -0.3 is 10.4 Å². The third kappa shape index (κ3) is 6.31. The second kappa shape index (κ2) is 9.72. The summed E-state index contributed by atoms with van der Waals surface area (Å²) in [6, 6.07) is 8.91. The first-order valence-electron chi connectivity index (χ1n) is 9.87. The number of phenolic OH excluding ortho intramolecular Hbond substituents is 1. The molecule has 3 rings (SSSR count). The molecule has 0 bridgehead atoms. The minimum Gasteiger partial charge on any atom is -0.508 e. The average molecular weight is 463 g/mol. The number of amides is 1. The van der Waals surface area contributed by atoms with Crippen molar-refractivity contribution < 1.29 is 27.5 Å². The molecule has 0 fully saturated rings. The average Bonchev–Trinajstić information content (AvgIpc) is 3.19. The summed E-state index contributed by atoms with van der Waals surface area (Å²) in [6.45, 7) is 4.18. The van der Waals surface area contributed by atoms with Gasteiger partial charge in [-0.25, -0.2) is 4.39 Å². The van der Waals surface area contributed by atoms with Crippen LogP contribution in [0.1, 0.15) is 29.8 Å². The lowest BCUT2D eigenvalue weighted by Crippen LogP contribution is -2.36. The summed E-state index contributed by atoms with van der Waals surface area (Å²) in [7, 11) is 0. The Kier molecular flexibility index (Phi) is 7.00. The minimum atomic E-state index is -4.50. The Morgan fingerprint density at radius 2 is 1.85 bits per heavy atom. The van der Waals surface area contributed by atoms with E-state index < -0.39 is 23.5 Å². The number of phenols is 1. The maximum atomic E-state index is 14.1. The van der Waals surface area contributed by atoms with Crippen molar-refractivity contribution in [2.45, 2.75) is 20.0 Å². The number of hydrogen-bond acceptors (Lipinski definition) is 4. The van der Waals surface area contributed by atoms with Crippen molar-refractivity contribution in [1.82, 2.24) is 15.5 Å². The van der Waals surface area contributed by atoms with Crippen molar-refractivity contribution >= 4 is 17.7 Å². The Bertz CT molecular complexity index is 1150. The van der Waals surface area contributed by atoms with Crippen molar-refractivity contribution in [1.29, 1.82) is 0 Å². The van der Waals surface area contributed by atoms with Crippen LogP contribution in [0.2, 0.25) is 0 Å². The predicted octanol–water partition coefficient (Wildman–Crippen LogP) is 4.79. The van der Waals surface area contributed by atoms with E-state index in [4.69, 9.17) is 0 Å². The molecule has 0 spiro atoms. The fourth-order valence-corrected chi connectivity index (χ4v) is 2.74. The number of aromatic nitrogens is 2. The summed E-state index contributed by atoms with van der Waals surface area (Å²) in [6.07, 6.45) is -4.50. The number of aromatic hydroxyl groups is 1. The van der Waals surface area contributed by atoms with Crippen molar-refractivity contribution in [3.05, 3.63) is 65.5 Å². The number of guanidine groups is 1. The van der Waals surface area contributed by atoms with Gasteiger partial charge in [0.25, 0.3) is 5.91 Å². The van der Waals surface area contributed by atoms with Gasteiger partial charge in [0.05, 0.1) is 11.3 Å². The number of rotatable bonds is 5. The third-order valence-electron chi connectivity index (χ3n) is 4.39. The lowest BCUT2D eigenvalue weighted by atomic mass is 10.1. The highest BCUT2D eigenvalue weighted by molar-refractivity contribution is 6.09. The number of nitrogens with zero attached hydrogens (tertiary/aromatic N) is 2. The molecule has 0 unspecified atom stereocenters. The molecule has 1 heterocycles. The summed E-state index contributed by atoms with van der Waals surface area (Å²) in [5.74, 6) is -1.15. The second-order valence-electron chi connectivity index (χ2n) is 7.57. The molecule has 0 saturated carbocycles. The zero-order chi connectivity index (χ0) is 24.2. The van der Waals surface area contributed by atoms with E-state index in [9.17, 15) is 27.5 Å². The number of aliphatic imine (C=N–C) groups is 1. The van der Waals surface area contributed by atoms with E-state index in [2.05, 4.69) is 25.8 Å². The van der Waals surface area contributed by atoms with Crippen LogP contribution in [0.5, 0.6) is 5.75 Å². The molecule has 33 heavy (non-hydrogen) atoms. The SMILES string of the molecule is CC(C)CN=C(NC(=O)c1ccc(C(F)(F)F)cc1)Nc1cc(-c2ccc(O)cc2F)[nH]n1. The number of halogens is 4. The van der Waals surface area contributed by atoms with Crippen LogP contribution in [0.15, 0.2) is 53.5 Å². The van der Waals surface area contributed by atoms with Gasteiger partial charge in [0, 0.05) is 29.8 Å². The van der Waals surface area contributed by atoms with Crippen molar-refractivity contribution in [2.75, 3.05) is 11.9 Å². The minimum absolute atomic E-state index is 0.0101. The first kappa shape index (κ1) is 23.8. The molecule has 11 heteroatoms. The molecule has 0 aliphatic rings. The smallest absolute Gasteiger partial charge is 0.416 e. The van der Waals surface area contributed by atoms with Crippen LogP contribution in [0.4, 0.5) is 23.4 Å². The lowest BCUT2D eigenvalue weighted by Gasteiger charge is -2.11. The van der Waals surface area contributed by atoms with Gasteiger partial charge in [-0.1, -0.05) is 13.8 Å². The van der Waals surface area contributed by atoms with Gasteiger partial charge in [0.2, 0.25) is 5.96 Å². The molecule has 0 aliphatic heterocycles. The number of aromatic amines is 1. The molecule has 3 aromatic rings. The number of carbonyl (C=O) groups excluding carboxylic acids is 1. The molecule has 4 N–H and O–H groups in total. The molecule has 1 aromatic heterocycles. The van der Waals surface area contributed by atoms with Gasteiger partial charge in [-0.15, -0.1) is 0 Å². The quantitative estimate of drug-likeness (QED) is 0.248. The Morgan fingerprint density at radius 3 is 2.45 bits per heavy atom. The number of alkyl halides is 3. The summed E-state index contributed by atoms with van der Waals surface area (Å²) >= 11 is 0. The van der Waals surface area contributed by atoms with Crippen LogP contribution in [0.25, 0.3) is 11.3 Å². The predicted molar refractivity (Wildman–Crippen MR) is 115 cm³/mol. The first-order chi connectivity index (χ1) is 15.5. The lowest BCUT2D eigenvalue weighted by molar-refractivity contribution is -0.137. The number of H-pyrrole nitrogens is 1. The molecule has 1 amide bonds. The van der Waals surface area contributed by atoms with Crippen LogP contribution in [-0.2, 0) is 6.18 Å². The molecule has 2 aromatic carbocycles. The maximum absolute atomic E-state index is 14.1. The van der Waals surface area contributed by atoms with Gasteiger partial charge in [-0.3, -0.25) is 20.2 Å². The van der Waals surface area contributed by atoms with E-state index in [1.165, 1.54) is 18.2 Å². The van der Waals surface area contributed by atoms with E-state index in [1.807, 2.05) is 13.8 Å². The molecular formula is C22H21F4N5O2. The third-order valence-corrected chi connectivity index (χ3v) is 4.39. The number of nitrogens with one attached hydrogen (secondary N) is 3. The van der Waals surface area contributed by atoms with E-state index in [0.29, 0.717) is 12.2 Å². The molecule has 7 nitrogen and oxygen atoms in total. The standard InChI is InChI=1S/C22H21F4N5O2/c1-12(2)11-27-21(29-20(33)13-3-5-14(6-4-13)22(24,25)26)28-19-10-18(30-31-19)16-8-7-15(32)9-17(16)23/h3-10,12,32H,11H2,1-2H3,(H3,27,28,29,30,31,33).